The molecule has 0 bridgehead atoms. The van der Waals surface area contributed by atoms with Crippen LogP contribution in [-0.4, -0.2) is 11.5 Å². The van der Waals surface area contributed by atoms with Gasteiger partial charge in [-0.05, 0) is 37.2 Å². The summed E-state index contributed by atoms with van der Waals surface area (Å²) >= 11 is 0. The van der Waals surface area contributed by atoms with Crippen LogP contribution in [0.3, 0.4) is 0 Å². The van der Waals surface area contributed by atoms with Crippen LogP contribution >= 0.6 is 0 Å². The summed E-state index contributed by atoms with van der Waals surface area (Å²) in [5.74, 6) is 0.895. The first-order valence-electron chi connectivity index (χ1n) is 6.64. The third kappa shape index (κ3) is 4.07. The zero-order valence-electron chi connectivity index (χ0n) is 11.5. The molecule has 0 saturated carbocycles. The van der Waals surface area contributed by atoms with Crippen molar-refractivity contribution in [1.29, 1.82) is 0 Å². The van der Waals surface area contributed by atoms with Gasteiger partial charge in [-0.2, -0.15) is 0 Å². The Kier molecular flexibility index (Phi) is 4.93. The first-order valence-corrected chi connectivity index (χ1v) is 6.64. The van der Waals surface area contributed by atoms with Gasteiger partial charge in [0, 0.05) is 24.0 Å². The standard InChI is InChI=1S/C16H20N2O/c1-3-18-13(2)15-7-4-8-16(10-15)19-12-14-6-5-9-17-11-14/h4-11,13,18H,3,12H2,1-2H3. The lowest BCUT2D eigenvalue weighted by Gasteiger charge is -2.14. The van der Waals surface area contributed by atoms with E-state index in [1.54, 1.807) is 6.20 Å². The molecule has 3 nitrogen and oxygen atoms in total. The smallest absolute Gasteiger partial charge is 0.120 e. The van der Waals surface area contributed by atoms with Crippen LogP contribution in [0, 0.1) is 0 Å². The fraction of sp³-hybridized carbons (Fsp3) is 0.312. The fourth-order valence-corrected chi connectivity index (χ4v) is 1.95. The normalized spacial score (nSPS) is 12.1. The van der Waals surface area contributed by atoms with Gasteiger partial charge < -0.3 is 10.1 Å². The van der Waals surface area contributed by atoms with Crippen LogP contribution < -0.4 is 10.1 Å². The SMILES string of the molecule is CCNC(C)c1cccc(OCc2cccnc2)c1. The quantitative estimate of drug-likeness (QED) is 0.860. The van der Waals surface area contributed by atoms with Crippen LogP contribution in [0.1, 0.15) is 31.0 Å². The van der Waals surface area contributed by atoms with Gasteiger partial charge in [-0.1, -0.05) is 25.1 Å². The van der Waals surface area contributed by atoms with Crippen molar-refractivity contribution in [2.75, 3.05) is 6.54 Å². The van der Waals surface area contributed by atoms with Crippen molar-refractivity contribution in [3.05, 3.63) is 59.9 Å². The number of pyridine rings is 1. The number of ether oxygens (including phenoxy) is 1. The molecule has 0 spiro atoms. The number of rotatable bonds is 6. The number of benzene rings is 1. The highest BCUT2D eigenvalue weighted by Gasteiger charge is 2.04. The Bertz CT molecular complexity index is 499. The number of nitrogens with zero attached hydrogens (tertiary/aromatic N) is 1. The summed E-state index contributed by atoms with van der Waals surface area (Å²) in [5, 5.41) is 3.40. The van der Waals surface area contributed by atoms with E-state index in [1.165, 1.54) is 5.56 Å². The lowest BCUT2D eigenvalue weighted by atomic mass is 10.1. The van der Waals surface area contributed by atoms with E-state index in [0.717, 1.165) is 17.9 Å². The first kappa shape index (κ1) is 13.6. The summed E-state index contributed by atoms with van der Waals surface area (Å²) in [6, 6.07) is 12.5. The first-order chi connectivity index (χ1) is 9.29. The number of nitrogens with one attached hydrogen (secondary N) is 1. The Balaban J connectivity index is 1.99. The Labute approximate surface area is 114 Å². The third-order valence-electron chi connectivity index (χ3n) is 3.00. The van der Waals surface area contributed by atoms with Crippen molar-refractivity contribution in [1.82, 2.24) is 10.3 Å². The number of aromatic nitrogens is 1. The number of hydrogen-bond donors (Lipinski definition) is 1. The zero-order valence-corrected chi connectivity index (χ0v) is 11.5. The molecule has 1 atom stereocenters. The topological polar surface area (TPSA) is 34.1 Å². The number of hydrogen-bond acceptors (Lipinski definition) is 3. The minimum Gasteiger partial charge on any atom is -0.489 e. The van der Waals surface area contributed by atoms with Crippen LogP contribution in [0.5, 0.6) is 5.75 Å². The Morgan fingerprint density at radius 3 is 2.89 bits per heavy atom. The molecule has 19 heavy (non-hydrogen) atoms. The Hall–Kier alpha value is -1.87. The Morgan fingerprint density at radius 1 is 1.26 bits per heavy atom. The maximum absolute atomic E-state index is 5.79. The minimum atomic E-state index is 0.340. The van der Waals surface area contributed by atoms with Gasteiger partial charge in [0.1, 0.15) is 12.4 Å². The van der Waals surface area contributed by atoms with Crippen LogP contribution in [0.25, 0.3) is 0 Å². The van der Waals surface area contributed by atoms with Crippen molar-refractivity contribution in [2.24, 2.45) is 0 Å². The van der Waals surface area contributed by atoms with Crippen LogP contribution in [0.15, 0.2) is 48.8 Å². The van der Waals surface area contributed by atoms with Crippen LogP contribution in [-0.2, 0) is 6.61 Å². The van der Waals surface area contributed by atoms with Crippen molar-refractivity contribution < 1.29 is 4.74 Å². The molecule has 100 valence electrons. The molecule has 2 rings (SSSR count). The second-order valence-electron chi connectivity index (χ2n) is 4.50. The summed E-state index contributed by atoms with van der Waals surface area (Å²) in [6.07, 6.45) is 3.59. The van der Waals surface area contributed by atoms with E-state index in [-0.39, 0.29) is 0 Å². The van der Waals surface area contributed by atoms with Gasteiger partial charge in [-0.15, -0.1) is 0 Å². The van der Waals surface area contributed by atoms with Crippen molar-refractivity contribution in [3.63, 3.8) is 0 Å². The van der Waals surface area contributed by atoms with Gasteiger partial charge in [0.15, 0.2) is 0 Å². The molecule has 0 saturated heterocycles. The highest BCUT2D eigenvalue weighted by molar-refractivity contribution is 5.30. The van der Waals surface area contributed by atoms with Crippen molar-refractivity contribution in [2.45, 2.75) is 26.5 Å². The molecular weight excluding hydrogens is 236 g/mol. The minimum absolute atomic E-state index is 0.340. The second-order valence-corrected chi connectivity index (χ2v) is 4.50. The Morgan fingerprint density at radius 2 is 2.16 bits per heavy atom. The molecular formula is C16H20N2O. The summed E-state index contributed by atoms with van der Waals surface area (Å²) in [4.78, 5) is 4.08. The fourth-order valence-electron chi connectivity index (χ4n) is 1.95. The maximum atomic E-state index is 5.79. The third-order valence-corrected chi connectivity index (χ3v) is 3.00. The average Bonchev–Trinajstić information content (AvgIpc) is 2.47. The lowest BCUT2D eigenvalue weighted by molar-refractivity contribution is 0.305. The predicted molar refractivity (Wildman–Crippen MR) is 77.1 cm³/mol. The van der Waals surface area contributed by atoms with E-state index >= 15 is 0 Å². The lowest BCUT2D eigenvalue weighted by Crippen LogP contribution is -2.17. The summed E-state index contributed by atoms with van der Waals surface area (Å²) in [6.45, 7) is 5.78. The molecule has 0 aliphatic rings. The molecule has 1 N–H and O–H groups in total. The van der Waals surface area contributed by atoms with Gasteiger partial charge >= 0.3 is 0 Å². The van der Waals surface area contributed by atoms with E-state index in [4.69, 9.17) is 4.74 Å². The average molecular weight is 256 g/mol. The molecule has 1 aromatic heterocycles. The largest absolute Gasteiger partial charge is 0.489 e. The monoisotopic (exact) mass is 256 g/mol. The summed E-state index contributed by atoms with van der Waals surface area (Å²) in [7, 11) is 0. The van der Waals surface area contributed by atoms with E-state index in [1.807, 2.05) is 30.5 Å². The van der Waals surface area contributed by atoms with E-state index in [0.29, 0.717) is 12.6 Å². The highest BCUT2D eigenvalue weighted by atomic mass is 16.5. The molecule has 0 fully saturated rings. The van der Waals surface area contributed by atoms with Gasteiger partial charge in [0.25, 0.3) is 0 Å². The predicted octanol–water partition coefficient (Wildman–Crippen LogP) is 3.33. The van der Waals surface area contributed by atoms with Gasteiger partial charge in [0.2, 0.25) is 0 Å². The zero-order chi connectivity index (χ0) is 13.5. The molecule has 1 unspecified atom stereocenters. The summed E-state index contributed by atoms with van der Waals surface area (Å²) in [5.41, 5.74) is 2.32. The van der Waals surface area contributed by atoms with E-state index < -0.39 is 0 Å². The second kappa shape index (κ2) is 6.90. The molecule has 2 aromatic rings. The summed E-state index contributed by atoms with van der Waals surface area (Å²) < 4.78 is 5.79. The molecule has 0 aliphatic heterocycles. The molecule has 3 heteroatoms. The van der Waals surface area contributed by atoms with Gasteiger partial charge in [-0.3, -0.25) is 4.98 Å². The van der Waals surface area contributed by atoms with Gasteiger partial charge in [0.05, 0.1) is 0 Å². The van der Waals surface area contributed by atoms with Crippen LogP contribution in [0.4, 0.5) is 0 Å². The molecule has 0 aliphatic carbocycles. The van der Waals surface area contributed by atoms with Crippen LogP contribution in [0.2, 0.25) is 0 Å². The van der Waals surface area contributed by atoms with Crippen molar-refractivity contribution >= 4 is 0 Å². The molecule has 0 radical (unpaired) electrons. The van der Waals surface area contributed by atoms with E-state index in [2.05, 4.69) is 36.3 Å². The highest BCUT2D eigenvalue weighted by Crippen LogP contribution is 2.19. The molecule has 1 heterocycles. The molecule has 0 amide bonds. The van der Waals surface area contributed by atoms with E-state index in [9.17, 15) is 0 Å². The van der Waals surface area contributed by atoms with Gasteiger partial charge in [-0.25, -0.2) is 0 Å². The van der Waals surface area contributed by atoms with Crippen molar-refractivity contribution in [3.8, 4) is 5.75 Å². The maximum Gasteiger partial charge on any atom is 0.120 e. The molecule has 1 aromatic carbocycles.